The molecule has 0 fully saturated rings. The molecule has 3 heterocycles. The zero-order valence-electron chi connectivity index (χ0n) is 23.8. The molecule has 5 rings (SSSR count). The van der Waals surface area contributed by atoms with Crippen LogP contribution in [0.1, 0.15) is 63.9 Å². The number of anilines is 2. The monoisotopic (exact) mass is 610 g/mol. The number of imide groups is 1. The summed E-state index contributed by atoms with van der Waals surface area (Å²) in [5.74, 6) is -1.13. The Hall–Kier alpha value is -3.74. The van der Waals surface area contributed by atoms with E-state index in [1.807, 2.05) is 24.3 Å². The smallest absolute Gasteiger partial charge is 0.414 e. The first-order valence-electron chi connectivity index (χ1n) is 14.0. The highest BCUT2D eigenvalue weighted by Gasteiger charge is 2.31. The first-order valence-corrected chi connectivity index (χ1v) is 16.2. The van der Waals surface area contributed by atoms with Crippen LogP contribution < -0.4 is 14.9 Å². The Morgan fingerprint density at radius 3 is 2.45 bits per heavy atom. The fraction of sp³-hybridized carbons (Fsp3) is 0.367. The Balaban J connectivity index is 1.39. The number of aryl methyl sites for hydroxylation is 1. The van der Waals surface area contributed by atoms with Crippen molar-refractivity contribution in [1.82, 2.24) is 10.2 Å². The number of nitrogens with one attached hydrogen (secondary N) is 2. The topological polar surface area (TPSA) is 125 Å². The summed E-state index contributed by atoms with van der Waals surface area (Å²) in [5, 5.41) is 5.42. The summed E-state index contributed by atoms with van der Waals surface area (Å²) in [5.41, 5.74) is 2.96. The van der Waals surface area contributed by atoms with Crippen molar-refractivity contribution in [2.24, 2.45) is 0 Å². The number of fused-ring (bicyclic) bond motifs is 2. The molecule has 2 aromatic carbocycles. The van der Waals surface area contributed by atoms with E-state index in [2.05, 4.69) is 29.4 Å². The van der Waals surface area contributed by atoms with Crippen LogP contribution in [0.5, 0.6) is 0 Å². The van der Waals surface area contributed by atoms with Gasteiger partial charge in [-0.1, -0.05) is 18.2 Å². The first-order chi connectivity index (χ1) is 20.1. The standard InChI is InChI=1S/C30H34N4O6S2/c1-4-40-30(37)32-28(36)26-23-15-17-33(19(2)3)18-25(23)41-29(26)31-27(35)21-11-13-22(14-12-21)42(38,39)34-16-7-9-20-8-5-6-10-24(20)34/h5-6,8,10-14,19H,4,7,9,15-18H2,1-3H3,(H,31,35)(H,32,36,37). The molecular weight excluding hydrogens is 576 g/mol. The molecule has 0 atom stereocenters. The molecule has 42 heavy (non-hydrogen) atoms. The molecule has 0 bridgehead atoms. The van der Waals surface area contributed by atoms with E-state index in [0.29, 0.717) is 36.2 Å². The van der Waals surface area contributed by atoms with Crippen LogP contribution in [0.2, 0.25) is 0 Å². The molecule has 2 aliphatic heterocycles. The number of hydrogen-bond donors (Lipinski definition) is 2. The molecule has 3 amide bonds. The van der Waals surface area contributed by atoms with Crippen LogP contribution in [0.3, 0.4) is 0 Å². The molecule has 1 aromatic heterocycles. The predicted octanol–water partition coefficient (Wildman–Crippen LogP) is 4.79. The van der Waals surface area contributed by atoms with Gasteiger partial charge in [0.1, 0.15) is 5.00 Å². The first kappa shape index (κ1) is 29.7. The lowest BCUT2D eigenvalue weighted by molar-refractivity contribution is 0.0924. The van der Waals surface area contributed by atoms with Gasteiger partial charge in [-0.05, 0) is 81.5 Å². The van der Waals surface area contributed by atoms with Crippen molar-refractivity contribution in [1.29, 1.82) is 0 Å². The Bertz CT molecular complexity index is 1610. The van der Waals surface area contributed by atoms with E-state index in [0.717, 1.165) is 35.4 Å². The number of nitrogens with zero attached hydrogens (tertiary/aromatic N) is 2. The Morgan fingerprint density at radius 1 is 1.00 bits per heavy atom. The van der Waals surface area contributed by atoms with E-state index in [-0.39, 0.29) is 22.6 Å². The number of thiophene rings is 1. The molecule has 12 heteroatoms. The van der Waals surface area contributed by atoms with Crippen molar-refractivity contribution in [3.63, 3.8) is 0 Å². The highest BCUT2D eigenvalue weighted by atomic mass is 32.2. The van der Waals surface area contributed by atoms with Gasteiger partial charge in [0.2, 0.25) is 0 Å². The van der Waals surface area contributed by atoms with Gasteiger partial charge in [-0.15, -0.1) is 11.3 Å². The molecule has 10 nitrogen and oxygen atoms in total. The predicted molar refractivity (Wildman–Crippen MR) is 162 cm³/mol. The number of para-hydroxylation sites is 1. The molecule has 0 unspecified atom stereocenters. The van der Waals surface area contributed by atoms with Gasteiger partial charge in [-0.3, -0.25) is 24.1 Å². The van der Waals surface area contributed by atoms with E-state index in [1.54, 1.807) is 6.92 Å². The van der Waals surface area contributed by atoms with Crippen LogP contribution in [0.15, 0.2) is 53.4 Å². The summed E-state index contributed by atoms with van der Waals surface area (Å²) < 4.78 is 33.3. The Kier molecular flexibility index (Phi) is 8.67. The minimum atomic E-state index is -3.82. The molecule has 0 saturated heterocycles. The zero-order chi connectivity index (χ0) is 30.0. The number of ether oxygens (including phenoxy) is 1. The van der Waals surface area contributed by atoms with Gasteiger partial charge in [0.25, 0.3) is 21.8 Å². The van der Waals surface area contributed by atoms with Gasteiger partial charge in [-0.2, -0.15) is 0 Å². The number of hydrogen-bond acceptors (Lipinski definition) is 8. The van der Waals surface area contributed by atoms with Gasteiger partial charge in [0, 0.05) is 36.1 Å². The van der Waals surface area contributed by atoms with Gasteiger partial charge in [0.05, 0.1) is 22.8 Å². The molecule has 222 valence electrons. The normalized spacial score (nSPS) is 15.1. The van der Waals surface area contributed by atoms with Crippen molar-refractivity contribution < 1.29 is 27.5 Å². The minimum Gasteiger partial charge on any atom is -0.450 e. The van der Waals surface area contributed by atoms with Crippen molar-refractivity contribution in [3.8, 4) is 0 Å². The third kappa shape index (κ3) is 5.92. The van der Waals surface area contributed by atoms with Crippen LogP contribution in [-0.4, -0.2) is 57.0 Å². The zero-order valence-corrected chi connectivity index (χ0v) is 25.4. The van der Waals surface area contributed by atoms with E-state index >= 15 is 0 Å². The van der Waals surface area contributed by atoms with Crippen LogP contribution >= 0.6 is 11.3 Å². The summed E-state index contributed by atoms with van der Waals surface area (Å²) in [6.07, 6.45) is 1.29. The SMILES string of the molecule is CCOC(=O)NC(=O)c1c(NC(=O)c2ccc(S(=O)(=O)N3CCCc4ccccc43)cc2)sc2c1CCN(C(C)C)C2. The average Bonchev–Trinajstić information content (AvgIpc) is 3.34. The largest absolute Gasteiger partial charge is 0.450 e. The summed E-state index contributed by atoms with van der Waals surface area (Å²) in [7, 11) is -3.82. The second kappa shape index (κ2) is 12.2. The number of rotatable bonds is 7. The second-order valence-corrected chi connectivity index (χ2v) is 13.5. The van der Waals surface area contributed by atoms with E-state index in [1.165, 1.54) is 39.9 Å². The van der Waals surface area contributed by atoms with Crippen LogP contribution in [0.4, 0.5) is 15.5 Å². The van der Waals surface area contributed by atoms with E-state index < -0.39 is 27.9 Å². The van der Waals surface area contributed by atoms with E-state index in [4.69, 9.17) is 4.74 Å². The third-order valence-electron chi connectivity index (χ3n) is 7.53. The number of carbonyl (C=O) groups excluding carboxylic acids is 3. The van der Waals surface area contributed by atoms with Gasteiger partial charge < -0.3 is 10.1 Å². The van der Waals surface area contributed by atoms with Crippen LogP contribution in [0.25, 0.3) is 0 Å². The average molecular weight is 611 g/mol. The molecule has 0 aliphatic carbocycles. The summed E-state index contributed by atoms with van der Waals surface area (Å²) in [6.45, 7) is 7.71. The lowest BCUT2D eigenvalue weighted by Gasteiger charge is -2.30. The van der Waals surface area contributed by atoms with Crippen molar-refractivity contribution in [2.75, 3.05) is 29.3 Å². The third-order valence-corrected chi connectivity index (χ3v) is 10.5. The van der Waals surface area contributed by atoms with E-state index in [9.17, 15) is 22.8 Å². The minimum absolute atomic E-state index is 0.0885. The maximum Gasteiger partial charge on any atom is 0.414 e. The molecular formula is C30H34N4O6S2. The fourth-order valence-electron chi connectivity index (χ4n) is 5.34. The lowest BCUT2D eigenvalue weighted by atomic mass is 10.0. The number of benzene rings is 2. The van der Waals surface area contributed by atoms with Gasteiger partial charge >= 0.3 is 6.09 Å². The van der Waals surface area contributed by atoms with Crippen molar-refractivity contribution in [3.05, 3.63) is 75.7 Å². The number of alkyl carbamates (subject to hydrolysis) is 1. The maximum absolute atomic E-state index is 13.5. The molecule has 3 aromatic rings. The maximum atomic E-state index is 13.5. The highest BCUT2D eigenvalue weighted by molar-refractivity contribution is 7.92. The van der Waals surface area contributed by atoms with Crippen LogP contribution in [0, 0.1) is 0 Å². The Morgan fingerprint density at radius 2 is 1.74 bits per heavy atom. The van der Waals surface area contributed by atoms with Crippen LogP contribution in [-0.2, 0) is 34.1 Å². The summed E-state index contributed by atoms with van der Waals surface area (Å²) >= 11 is 1.31. The highest BCUT2D eigenvalue weighted by Crippen LogP contribution is 2.38. The second-order valence-electron chi connectivity index (χ2n) is 10.5. The Labute approximate surface area is 249 Å². The molecule has 2 N–H and O–H groups in total. The number of sulfonamides is 1. The fourth-order valence-corrected chi connectivity index (χ4v) is 8.15. The van der Waals surface area contributed by atoms with Crippen molar-refractivity contribution in [2.45, 2.75) is 57.5 Å². The summed E-state index contributed by atoms with van der Waals surface area (Å²) in [4.78, 5) is 41.8. The molecule has 2 aliphatic rings. The quantitative estimate of drug-likeness (QED) is 0.394. The number of carbonyl (C=O) groups is 3. The molecule has 0 spiro atoms. The summed E-state index contributed by atoms with van der Waals surface area (Å²) in [6, 6.07) is 13.6. The van der Waals surface area contributed by atoms with Gasteiger partial charge in [0.15, 0.2) is 0 Å². The van der Waals surface area contributed by atoms with Gasteiger partial charge in [-0.25, -0.2) is 13.2 Å². The van der Waals surface area contributed by atoms with Crippen molar-refractivity contribution >= 4 is 50.0 Å². The number of amides is 3. The molecule has 0 saturated carbocycles. The lowest BCUT2D eigenvalue weighted by Crippen LogP contribution is -2.36. The molecule has 0 radical (unpaired) electrons.